The number of hydroxylamine groups is 1. The summed E-state index contributed by atoms with van der Waals surface area (Å²) in [6.45, 7) is 0.725. The molecule has 0 atom stereocenters. The van der Waals surface area contributed by atoms with Crippen LogP contribution in [-0.2, 0) is 0 Å². The third-order valence-corrected chi connectivity index (χ3v) is 1.59. The molecule has 5 heteroatoms. The molecular weight excluding hydrogens is 192 g/mol. The van der Waals surface area contributed by atoms with E-state index in [0.29, 0.717) is 19.6 Å². The monoisotopic (exact) mass is 203 g/mol. The number of hydrogen-bond donors (Lipinski definition) is 2. The normalized spacial score (nSPS) is 10.2. The summed E-state index contributed by atoms with van der Waals surface area (Å²) in [6, 6.07) is 3.35. The minimum absolute atomic E-state index is 0.279. The van der Waals surface area contributed by atoms with E-state index in [9.17, 15) is 8.78 Å². The molecule has 3 nitrogen and oxygen atoms in total. The molecule has 0 aliphatic carbocycles. The quantitative estimate of drug-likeness (QED) is 0.565. The second kappa shape index (κ2) is 5.51. The van der Waals surface area contributed by atoms with Crippen LogP contribution in [-0.4, -0.2) is 18.4 Å². The van der Waals surface area contributed by atoms with Gasteiger partial charge >= 0.3 is 0 Å². The lowest BCUT2D eigenvalue weighted by atomic mass is 10.3. The second-order valence-corrected chi connectivity index (χ2v) is 2.69. The molecule has 0 saturated heterocycles. The Morgan fingerprint density at radius 3 is 2.71 bits per heavy atom. The maximum atomic E-state index is 12.6. The van der Waals surface area contributed by atoms with Crippen LogP contribution in [0.3, 0.4) is 0 Å². The number of halogens is 2. The number of nitrogens with one attached hydrogen (secondary N) is 1. The fourth-order valence-corrected chi connectivity index (χ4v) is 0.908. The SMILES string of the molecule is ONCCCOc1ccc(F)c(F)c1. The van der Waals surface area contributed by atoms with Crippen LogP contribution in [0.1, 0.15) is 6.42 Å². The van der Waals surface area contributed by atoms with Crippen molar-refractivity contribution in [3.05, 3.63) is 29.8 Å². The van der Waals surface area contributed by atoms with E-state index >= 15 is 0 Å². The molecule has 0 aliphatic rings. The lowest BCUT2D eigenvalue weighted by Gasteiger charge is -2.05. The molecule has 0 radical (unpaired) electrons. The van der Waals surface area contributed by atoms with Gasteiger partial charge in [0.15, 0.2) is 11.6 Å². The third kappa shape index (κ3) is 3.27. The van der Waals surface area contributed by atoms with Crippen LogP contribution in [0.25, 0.3) is 0 Å². The average molecular weight is 203 g/mol. The van der Waals surface area contributed by atoms with E-state index in [4.69, 9.17) is 9.94 Å². The highest BCUT2D eigenvalue weighted by atomic mass is 19.2. The average Bonchev–Trinajstić information content (AvgIpc) is 2.18. The second-order valence-electron chi connectivity index (χ2n) is 2.69. The van der Waals surface area contributed by atoms with Crippen molar-refractivity contribution in [2.45, 2.75) is 6.42 Å². The largest absolute Gasteiger partial charge is 0.493 e. The molecule has 0 spiro atoms. The molecule has 1 aromatic carbocycles. The summed E-state index contributed by atoms with van der Waals surface area (Å²) in [7, 11) is 0. The first-order valence-electron chi connectivity index (χ1n) is 4.19. The van der Waals surface area contributed by atoms with Crippen molar-refractivity contribution in [3.8, 4) is 5.75 Å². The first-order chi connectivity index (χ1) is 6.74. The Labute approximate surface area is 80.3 Å². The van der Waals surface area contributed by atoms with Crippen LogP contribution < -0.4 is 10.2 Å². The van der Waals surface area contributed by atoms with Gasteiger partial charge < -0.3 is 9.94 Å². The van der Waals surface area contributed by atoms with Gasteiger partial charge in [-0.1, -0.05) is 0 Å². The van der Waals surface area contributed by atoms with Gasteiger partial charge in [-0.15, -0.1) is 0 Å². The Morgan fingerprint density at radius 2 is 2.07 bits per heavy atom. The van der Waals surface area contributed by atoms with Gasteiger partial charge in [-0.3, -0.25) is 0 Å². The van der Waals surface area contributed by atoms with Crippen molar-refractivity contribution in [1.29, 1.82) is 0 Å². The summed E-state index contributed by atoms with van der Waals surface area (Å²) in [6.07, 6.45) is 0.579. The van der Waals surface area contributed by atoms with E-state index in [0.717, 1.165) is 12.1 Å². The van der Waals surface area contributed by atoms with Crippen LogP contribution in [0.5, 0.6) is 5.75 Å². The summed E-state index contributed by atoms with van der Waals surface area (Å²) in [4.78, 5) is 0. The summed E-state index contributed by atoms with van der Waals surface area (Å²) in [5.74, 6) is -1.54. The Kier molecular flexibility index (Phi) is 4.28. The Balaban J connectivity index is 2.39. The van der Waals surface area contributed by atoms with Gasteiger partial charge in [0.25, 0.3) is 0 Å². The molecule has 0 fully saturated rings. The first-order valence-corrected chi connectivity index (χ1v) is 4.19. The minimum Gasteiger partial charge on any atom is -0.493 e. The molecule has 0 amide bonds. The van der Waals surface area contributed by atoms with Crippen molar-refractivity contribution < 1.29 is 18.7 Å². The molecule has 0 heterocycles. The van der Waals surface area contributed by atoms with Crippen molar-refractivity contribution in [2.24, 2.45) is 0 Å². The molecule has 1 rings (SSSR count). The summed E-state index contributed by atoms with van der Waals surface area (Å²) < 4.78 is 30.2. The fourth-order valence-electron chi connectivity index (χ4n) is 0.908. The smallest absolute Gasteiger partial charge is 0.162 e. The number of benzene rings is 1. The predicted octanol–water partition coefficient (Wildman–Crippen LogP) is 1.71. The maximum Gasteiger partial charge on any atom is 0.162 e. The van der Waals surface area contributed by atoms with E-state index in [-0.39, 0.29) is 5.75 Å². The highest BCUT2D eigenvalue weighted by Gasteiger charge is 2.02. The van der Waals surface area contributed by atoms with Gasteiger partial charge in [0.05, 0.1) is 6.61 Å². The lowest BCUT2D eigenvalue weighted by molar-refractivity contribution is 0.157. The van der Waals surface area contributed by atoms with Crippen molar-refractivity contribution in [2.75, 3.05) is 13.2 Å². The third-order valence-electron chi connectivity index (χ3n) is 1.59. The zero-order chi connectivity index (χ0) is 10.4. The number of ether oxygens (including phenoxy) is 1. The van der Waals surface area contributed by atoms with Gasteiger partial charge in [-0.2, -0.15) is 0 Å². The van der Waals surface area contributed by atoms with Crippen molar-refractivity contribution in [1.82, 2.24) is 5.48 Å². The molecule has 0 aliphatic heterocycles. The Morgan fingerprint density at radius 1 is 1.29 bits per heavy atom. The van der Waals surface area contributed by atoms with E-state index in [1.807, 2.05) is 5.48 Å². The van der Waals surface area contributed by atoms with Crippen LogP contribution in [0.15, 0.2) is 18.2 Å². The molecule has 78 valence electrons. The maximum absolute atomic E-state index is 12.6. The van der Waals surface area contributed by atoms with Gasteiger partial charge in [0.1, 0.15) is 5.75 Å². The molecular formula is C9H11F2NO2. The van der Waals surface area contributed by atoms with E-state index < -0.39 is 11.6 Å². The molecule has 2 N–H and O–H groups in total. The van der Waals surface area contributed by atoms with Gasteiger partial charge in [-0.05, 0) is 18.6 Å². The Hall–Kier alpha value is -1.20. The first kappa shape index (κ1) is 10.9. The lowest BCUT2D eigenvalue weighted by Crippen LogP contribution is -2.12. The predicted molar refractivity (Wildman–Crippen MR) is 46.3 cm³/mol. The van der Waals surface area contributed by atoms with Crippen LogP contribution >= 0.6 is 0 Å². The van der Waals surface area contributed by atoms with Crippen LogP contribution in [0.2, 0.25) is 0 Å². The van der Waals surface area contributed by atoms with Gasteiger partial charge in [0.2, 0.25) is 0 Å². The summed E-state index contributed by atoms with van der Waals surface area (Å²) >= 11 is 0. The van der Waals surface area contributed by atoms with Crippen molar-refractivity contribution in [3.63, 3.8) is 0 Å². The zero-order valence-corrected chi connectivity index (χ0v) is 7.46. The van der Waals surface area contributed by atoms with Crippen LogP contribution in [0.4, 0.5) is 8.78 Å². The van der Waals surface area contributed by atoms with E-state index in [1.54, 1.807) is 0 Å². The molecule has 1 aromatic rings. The van der Waals surface area contributed by atoms with Crippen LogP contribution in [0, 0.1) is 11.6 Å². The molecule has 14 heavy (non-hydrogen) atoms. The summed E-state index contributed by atoms with van der Waals surface area (Å²) in [5.41, 5.74) is 1.96. The zero-order valence-electron chi connectivity index (χ0n) is 7.46. The van der Waals surface area contributed by atoms with Gasteiger partial charge in [0, 0.05) is 12.6 Å². The molecule has 0 unspecified atom stereocenters. The molecule has 0 aromatic heterocycles. The molecule has 0 saturated carbocycles. The number of rotatable bonds is 5. The fraction of sp³-hybridized carbons (Fsp3) is 0.333. The standard InChI is InChI=1S/C9H11F2NO2/c10-8-3-2-7(6-9(8)11)14-5-1-4-12-13/h2-3,6,12-13H,1,4-5H2. The highest BCUT2D eigenvalue weighted by Crippen LogP contribution is 2.15. The highest BCUT2D eigenvalue weighted by molar-refractivity contribution is 5.23. The number of hydrogen-bond acceptors (Lipinski definition) is 3. The van der Waals surface area contributed by atoms with Crippen molar-refractivity contribution >= 4 is 0 Å². The van der Waals surface area contributed by atoms with Gasteiger partial charge in [-0.25, -0.2) is 14.3 Å². The minimum atomic E-state index is -0.928. The van der Waals surface area contributed by atoms with E-state index in [2.05, 4.69) is 0 Å². The topological polar surface area (TPSA) is 41.5 Å². The van der Waals surface area contributed by atoms with E-state index in [1.165, 1.54) is 6.07 Å². The Bertz CT molecular complexity index is 294. The molecule has 0 bridgehead atoms. The summed E-state index contributed by atoms with van der Waals surface area (Å²) in [5, 5.41) is 8.23.